The second-order valence-corrected chi connectivity index (χ2v) is 16.5. The summed E-state index contributed by atoms with van der Waals surface area (Å²) in [5, 5.41) is 4.57. The normalized spacial score (nSPS) is 13.0. The number of anilines is 3. The Labute approximate surface area is 349 Å². The van der Waals surface area contributed by atoms with Crippen molar-refractivity contribution in [1.82, 2.24) is 4.57 Å². The minimum absolute atomic E-state index is 0.106. The van der Waals surface area contributed by atoms with E-state index in [1.54, 1.807) is 0 Å². The second-order valence-electron chi connectivity index (χ2n) is 16.5. The van der Waals surface area contributed by atoms with Crippen molar-refractivity contribution < 1.29 is 4.42 Å². The van der Waals surface area contributed by atoms with Gasteiger partial charge in [0.1, 0.15) is 11.2 Å². The maximum absolute atomic E-state index is 6.67. The van der Waals surface area contributed by atoms with Gasteiger partial charge in [0.15, 0.2) is 0 Å². The zero-order valence-electron chi connectivity index (χ0n) is 33.4. The molecular weight excluding hydrogens is 729 g/mol. The topological polar surface area (TPSA) is 21.3 Å². The molecular formula is C57H40N2O. The Balaban J connectivity index is 0.994. The van der Waals surface area contributed by atoms with E-state index < -0.39 is 0 Å². The number of furan rings is 1. The quantitative estimate of drug-likeness (QED) is 0.168. The standard InChI is InChI=1S/C57H40N2O/c1-57(2)50-19-11-9-17-45(50)46-31-30-44(36-51(46)57)58(42-26-21-38(22-27-42)37-13-5-3-6-14-37)43-28-23-39(24-29-43)40-25-33-52-49(35-40)55-53(59(52)41-15-7-4-8-16-41)34-32-48-47-18-10-12-20-54(47)60-56(48)55/h3-36H,1-2H3. The van der Waals surface area contributed by atoms with Crippen molar-refractivity contribution in [3.8, 4) is 39.1 Å². The number of benzene rings is 9. The van der Waals surface area contributed by atoms with Crippen LogP contribution >= 0.6 is 0 Å². The highest BCUT2D eigenvalue weighted by atomic mass is 16.3. The summed E-state index contributed by atoms with van der Waals surface area (Å²) in [7, 11) is 0. The molecule has 1 aliphatic rings. The van der Waals surface area contributed by atoms with Crippen molar-refractivity contribution >= 4 is 60.8 Å². The van der Waals surface area contributed by atoms with Crippen molar-refractivity contribution in [1.29, 1.82) is 0 Å². The zero-order chi connectivity index (χ0) is 40.0. The van der Waals surface area contributed by atoms with Gasteiger partial charge in [-0.25, -0.2) is 0 Å². The summed E-state index contributed by atoms with van der Waals surface area (Å²) < 4.78 is 9.03. The van der Waals surface area contributed by atoms with Gasteiger partial charge in [0.25, 0.3) is 0 Å². The Hall–Kier alpha value is -7.62. The number of hydrogen-bond donors (Lipinski definition) is 0. The van der Waals surface area contributed by atoms with E-state index in [1.807, 2.05) is 6.07 Å². The molecule has 11 aromatic rings. The van der Waals surface area contributed by atoms with Crippen LogP contribution in [0.2, 0.25) is 0 Å². The summed E-state index contributed by atoms with van der Waals surface area (Å²) in [4.78, 5) is 2.40. The maximum Gasteiger partial charge on any atom is 0.145 e. The molecule has 2 heterocycles. The molecule has 0 saturated heterocycles. The van der Waals surface area contributed by atoms with Gasteiger partial charge in [-0.2, -0.15) is 0 Å². The minimum atomic E-state index is -0.106. The molecule has 0 atom stereocenters. The van der Waals surface area contributed by atoms with E-state index in [1.165, 1.54) is 38.8 Å². The molecule has 0 spiro atoms. The van der Waals surface area contributed by atoms with Gasteiger partial charge < -0.3 is 13.9 Å². The van der Waals surface area contributed by atoms with Crippen LogP contribution in [0.25, 0.3) is 82.8 Å². The zero-order valence-corrected chi connectivity index (χ0v) is 33.4. The third kappa shape index (κ3) is 5.22. The van der Waals surface area contributed by atoms with Crippen LogP contribution in [-0.4, -0.2) is 4.57 Å². The Morgan fingerprint density at radius 3 is 1.77 bits per heavy atom. The van der Waals surface area contributed by atoms with E-state index in [-0.39, 0.29) is 5.41 Å². The first kappa shape index (κ1) is 34.4. The van der Waals surface area contributed by atoms with Crippen LogP contribution in [0.5, 0.6) is 0 Å². The Morgan fingerprint density at radius 1 is 0.417 bits per heavy atom. The van der Waals surface area contributed by atoms with Crippen molar-refractivity contribution in [3.05, 3.63) is 217 Å². The molecule has 0 N–H and O–H groups in total. The highest BCUT2D eigenvalue weighted by molar-refractivity contribution is 6.24. The molecule has 0 amide bonds. The van der Waals surface area contributed by atoms with Crippen molar-refractivity contribution in [2.45, 2.75) is 19.3 Å². The Morgan fingerprint density at radius 2 is 1.00 bits per heavy atom. The fraction of sp³-hybridized carbons (Fsp3) is 0.0526. The first-order valence-electron chi connectivity index (χ1n) is 20.8. The first-order valence-corrected chi connectivity index (χ1v) is 20.8. The van der Waals surface area contributed by atoms with Crippen molar-refractivity contribution in [2.24, 2.45) is 0 Å². The largest absolute Gasteiger partial charge is 0.455 e. The van der Waals surface area contributed by atoms with E-state index in [0.717, 1.165) is 72.2 Å². The number of aromatic nitrogens is 1. The molecule has 12 rings (SSSR count). The van der Waals surface area contributed by atoms with Crippen LogP contribution in [-0.2, 0) is 5.41 Å². The molecule has 3 heteroatoms. The molecule has 0 aliphatic heterocycles. The summed E-state index contributed by atoms with van der Waals surface area (Å²) in [5.41, 5.74) is 18.6. The van der Waals surface area contributed by atoms with Gasteiger partial charge in [0, 0.05) is 44.3 Å². The Bertz CT molecular complexity index is 3430. The number of fused-ring (bicyclic) bond motifs is 10. The molecule has 1 aliphatic carbocycles. The molecule has 0 fully saturated rings. The number of hydrogen-bond acceptors (Lipinski definition) is 2. The average molecular weight is 769 g/mol. The molecule has 2 aromatic heterocycles. The molecule has 284 valence electrons. The summed E-state index contributed by atoms with van der Waals surface area (Å²) >= 11 is 0. The van der Waals surface area contributed by atoms with Crippen LogP contribution in [0.4, 0.5) is 17.1 Å². The lowest BCUT2D eigenvalue weighted by molar-refractivity contribution is 0.660. The van der Waals surface area contributed by atoms with E-state index in [9.17, 15) is 0 Å². The summed E-state index contributed by atoms with van der Waals surface area (Å²) in [6, 6.07) is 74.8. The van der Waals surface area contributed by atoms with Crippen LogP contribution in [0.3, 0.4) is 0 Å². The minimum Gasteiger partial charge on any atom is -0.455 e. The molecule has 0 bridgehead atoms. The first-order chi connectivity index (χ1) is 29.5. The lowest BCUT2D eigenvalue weighted by atomic mass is 9.82. The van der Waals surface area contributed by atoms with E-state index in [2.05, 4.69) is 224 Å². The number of rotatable bonds is 6. The lowest BCUT2D eigenvalue weighted by Crippen LogP contribution is -2.16. The van der Waals surface area contributed by atoms with Gasteiger partial charge in [-0.3, -0.25) is 0 Å². The predicted molar refractivity (Wildman–Crippen MR) is 251 cm³/mol. The van der Waals surface area contributed by atoms with Gasteiger partial charge in [0.2, 0.25) is 0 Å². The summed E-state index contributed by atoms with van der Waals surface area (Å²) in [5.74, 6) is 0. The number of nitrogens with zero attached hydrogens (tertiary/aromatic N) is 2. The van der Waals surface area contributed by atoms with E-state index >= 15 is 0 Å². The number of para-hydroxylation sites is 2. The second kappa shape index (κ2) is 13.2. The van der Waals surface area contributed by atoms with Gasteiger partial charge >= 0.3 is 0 Å². The maximum atomic E-state index is 6.67. The third-order valence-electron chi connectivity index (χ3n) is 12.8. The monoisotopic (exact) mass is 768 g/mol. The average Bonchev–Trinajstić information content (AvgIpc) is 3.92. The molecule has 0 saturated carbocycles. The molecule has 60 heavy (non-hydrogen) atoms. The molecule has 3 nitrogen and oxygen atoms in total. The smallest absolute Gasteiger partial charge is 0.145 e. The predicted octanol–water partition coefficient (Wildman–Crippen LogP) is 15.8. The fourth-order valence-corrected chi connectivity index (χ4v) is 9.84. The van der Waals surface area contributed by atoms with Crippen LogP contribution in [0, 0.1) is 0 Å². The van der Waals surface area contributed by atoms with Gasteiger partial charge in [-0.15, -0.1) is 0 Å². The lowest BCUT2D eigenvalue weighted by Gasteiger charge is -2.28. The van der Waals surface area contributed by atoms with Crippen LogP contribution in [0.1, 0.15) is 25.0 Å². The van der Waals surface area contributed by atoms with Gasteiger partial charge in [-0.1, -0.05) is 141 Å². The van der Waals surface area contributed by atoms with Crippen LogP contribution in [0.15, 0.2) is 211 Å². The highest BCUT2D eigenvalue weighted by Crippen LogP contribution is 2.51. The van der Waals surface area contributed by atoms with Gasteiger partial charge in [-0.05, 0) is 123 Å². The van der Waals surface area contributed by atoms with Crippen molar-refractivity contribution in [2.75, 3.05) is 4.90 Å². The van der Waals surface area contributed by atoms with Crippen molar-refractivity contribution in [3.63, 3.8) is 0 Å². The third-order valence-corrected chi connectivity index (χ3v) is 12.8. The molecule has 9 aromatic carbocycles. The fourth-order valence-electron chi connectivity index (χ4n) is 9.84. The van der Waals surface area contributed by atoms with Crippen LogP contribution < -0.4 is 4.90 Å². The SMILES string of the molecule is CC1(C)c2ccccc2-c2ccc(N(c3ccc(-c4ccccc4)cc3)c3ccc(-c4ccc5c(c4)c4c6oc7ccccc7c6ccc4n5-c4ccccc4)cc3)cc21. The summed E-state index contributed by atoms with van der Waals surface area (Å²) in [6.07, 6.45) is 0. The molecule has 0 unspecified atom stereocenters. The highest BCUT2D eigenvalue weighted by Gasteiger charge is 2.35. The van der Waals surface area contributed by atoms with E-state index in [4.69, 9.17) is 4.42 Å². The Kier molecular flexibility index (Phi) is 7.58. The molecule has 0 radical (unpaired) electrons. The summed E-state index contributed by atoms with van der Waals surface area (Å²) in [6.45, 7) is 4.70. The van der Waals surface area contributed by atoms with Gasteiger partial charge in [0.05, 0.1) is 16.4 Å². The van der Waals surface area contributed by atoms with E-state index in [0.29, 0.717) is 0 Å².